The van der Waals surface area contributed by atoms with Crippen LogP contribution < -0.4 is 0 Å². The van der Waals surface area contributed by atoms with Gasteiger partial charge in [0.25, 0.3) is 0 Å². The third-order valence-electron chi connectivity index (χ3n) is 3.39. The zero-order valence-corrected chi connectivity index (χ0v) is 13.7. The first-order chi connectivity index (χ1) is 9.10. The van der Waals surface area contributed by atoms with Crippen LogP contribution in [0.2, 0.25) is 0 Å². The molecule has 2 heterocycles. The molecule has 2 aromatic heterocycles. The Bertz CT molecular complexity index is 568. The molecular formula is C14H21BrN4. The predicted octanol–water partition coefficient (Wildman–Crippen LogP) is 3.34. The van der Waals surface area contributed by atoms with E-state index in [1.165, 1.54) is 11.4 Å². The van der Waals surface area contributed by atoms with Gasteiger partial charge in [0.2, 0.25) is 0 Å². The second-order valence-corrected chi connectivity index (χ2v) is 5.45. The summed E-state index contributed by atoms with van der Waals surface area (Å²) in [6.07, 6.45) is 1.98. The van der Waals surface area contributed by atoms with Gasteiger partial charge in [-0.25, -0.2) is 0 Å². The fourth-order valence-electron chi connectivity index (χ4n) is 2.27. The molecule has 0 saturated carbocycles. The third kappa shape index (κ3) is 2.76. The van der Waals surface area contributed by atoms with E-state index >= 15 is 0 Å². The number of aromatic nitrogens is 4. The van der Waals surface area contributed by atoms with E-state index in [9.17, 15) is 0 Å². The van der Waals surface area contributed by atoms with Gasteiger partial charge in [0.15, 0.2) is 0 Å². The van der Waals surface area contributed by atoms with Crippen molar-refractivity contribution in [3.05, 3.63) is 33.3 Å². The summed E-state index contributed by atoms with van der Waals surface area (Å²) < 4.78 is 5.25. The van der Waals surface area contributed by atoms with Crippen LogP contribution in [-0.2, 0) is 25.9 Å². The maximum Gasteiger partial charge on any atom is 0.0843 e. The van der Waals surface area contributed by atoms with Crippen LogP contribution in [0.3, 0.4) is 0 Å². The first-order valence-electron chi connectivity index (χ1n) is 6.88. The highest BCUT2D eigenvalue weighted by molar-refractivity contribution is 9.10. The Labute approximate surface area is 122 Å². The minimum Gasteiger partial charge on any atom is -0.267 e. The van der Waals surface area contributed by atoms with Crippen LogP contribution in [0.15, 0.2) is 10.5 Å². The van der Waals surface area contributed by atoms with Gasteiger partial charge in [-0.2, -0.15) is 10.2 Å². The van der Waals surface area contributed by atoms with Crippen LogP contribution in [-0.4, -0.2) is 19.6 Å². The molecule has 0 aromatic carbocycles. The van der Waals surface area contributed by atoms with E-state index in [0.717, 1.165) is 41.8 Å². The first kappa shape index (κ1) is 14.3. The van der Waals surface area contributed by atoms with Crippen LogP contribution >= 0.6 is 15.9 Å². The molecule has 5 heteroatoms. The van der Waals surface area contributed by atoms with Crippen molar-refractivity contribution < 1.29 is 0 Å². The van der Waals surface area contributed by atoms with Gasteiger partial charge < -0.3 is 0 Å². The van der Waals surface area contributed by atoms with Crippen molar-refractivity contribution in [2.24, 2.45) is 0 Å². The van der Waals surface area contributed by atoms with E-state index < -0.39 is 0 Å². The molecule has 19 heavy (non-hydrogen) atoms. The Morgan fingerprint density at radius 2 is 1.84 bits per heavy atom. The Morgan fingerprint density at radius 3 is 2.42 bits per heavy atom. The number of nitrogens with zero attached hydrogens (tertiary/aromatic N) is 4. The number of aryl methyl sites for hydroxylation is 4. The van der Waals surface area contributed by atoms with Crippen LogP contribution in [0, 0.1) is 6.92 Å². The van der Waals surface area contributed by atoms with Crippen molar-refractivity contribution in [3.63, 3.8) is 0 Å². The topological polar surface area (TPSA) is 35.6 Å². The fraction of sp³-hybridized carbons (Fsp3) is 0.571. The average molecular weight is 325 g/mol. The van der Waals surface area contributed by atoms with E-state index in [4.69, 9.17) is 0 Å². The molecule has 0 fully saturated rings. The normalized spacial score (nSPS) is 11.2. The molecule has 0 atom stereocenters. The van der Waals surface area contributed by atoms with Crippen molar-refractivity contribution in [2.45, 2.75) is 53.6 Å². The van der Waals surface area contributed by atoms with Crippen LogP contribution in [0.25, 0.3) is 0 Å². The van der Waals surface area contributed by atoms with Gasteiger partial charge in [0.05, 0.1) is 28.1 Å². The lowest BCUT2D eigenvalue weighted by Crippen LogP contribution is -2.11. The molecule has 2 rings (SSSR count). The van der Waals surface area contributed by atoms with Crippen molar-refractivity contribution in [1.82, 2.24) is 19.6 Å². The molecular weight excluding hydrogens is 304 g/mol. The van der Waals surface area contributed by atoms with Gasteiger partial charge in [-0.1, -0.05) is 13.8 Å². The maximum absolute atomic E-state index is 4.68. The smallest absolute Gasteiger partial charge is 0.0843 e. The van der Waals surface area contributed by atoms with Gasteiger partial charge in [-0.15, -0.1) is 0 Å². The summed E-state index contributed by atoms with van der Waals surface area (Å²) in [6, 6.07) is 2.20. The highest BCUT2D eigenvalue weighted by atomic mass is 79.9. The lowest BCUT2D eigenvalue weighted by Gasteiger charge is -2.08. The number of hydrogen-bond acceptors (Lipinski definition) is 2. The van der Waals surface area contributed by atoms with Crippen molar-refractivity contribution >= 4 is 15.9 Å². The SMILES string of the molecule is CCc1cc(CC)n(Cc2c(Br)c(C)nn2CC)n1. The Kier molecular flexibility index (Phi) is 4.45. The molecule has 0 amide bonds. The monoisotopic (exact) mass is 324 g/mol. The van der Waals surface area contributed by atoms with Gasteiger partial charge in [0.1, 0.15) is 0 Å². The zero-order valence-electron chi connectivity index (χ0n) is 12.1. The van der Waals surface area contributed by atoms with Crippen molar-refractivity contribution in [2.75, 3.05) is 0 Å². The lowest BCUT2D eigenvalue weighted by molar-refractivity contribution is 0.560. The molecule has 0 spiro atoms. The quantitative estimate of drug-likeness (QED) is 0.845. The van der Waals surface area contributed by atoms with Crippen molar-refractivity contribution in [1.29, 1.82) is 0 Å². The largest absolute Gasteiger partial charge is 0.267 e. The molecule has 0 saturated heterocycles. The van der Waals surface area contributed by atoms with Crippen LogP contribution in [0.1, 0.15) is 43.5 Å². The van der Waals surface area contributed by atoms with Gasteiger partial charge in [0, 0.05) is 12.2 Å². The Morgan fingerprint density at radius 1 is 1.11 bits per heavy atom. The molecule has 4 nitrogen and oxygen atoms in total. The Balaban J connectivity index is 2.38. The van der Waals surface area contributed by atoms with E-state index in [-0.39, 0.29) is 0 Å². The summed E-state index contributed by atoms with van der Waals surface area (Å²) in [4.78, 5) is 0. The zero-order chi connectivity index (χ0) is 14.0. The van der Waals surface area contributed by atoms with Crippen LogP contribution in [0.5, 0.6) is 0 Å². The van der Waals surface area contributed by atoms with Crippen molar-refractivity contribution in [3.8, 4) is 0 Å². The molecule has 0 radical (unpaired) electrons. The van der Waals surface area contributed by atoms with Gasteiger partial charge in [-0.3, -0.25) is 9.36 Å². The number of hydrogen-bond donors (Lipinski definition) is 0. The summed E-state index contributed by atoms with van der Waals surface area (Å²) in [5.74, 6) is 0. The first-order valence-corrected chi connectivity index (χ1v) is 7.67. The molecule has 0 bridgehead atoms. The highest BCUT2D eigenvalue weighted by Gasteiger charge is 2.14. The minimum atomic E-state index is 0.776. The molecule has 0 aliphatic rings. The minimum absolute atomic E-state index is 0.776. The standard InChI is InChI=1S/C14H21BrN4/c1-5-11-8-12(6-2)19(17-11)9-13-14(15)10(4)16-18(13)7-3/h8H,5-7,9H2,1-4H3. The molecule has 0 unspecified atom stereocenters. The van der Waals surface area contributed by atoms with E-state index in [0.29, 0.717) is 0 Å². The molecule has 2 aromatic rings. The molecule has 0 aliphatic carbocycles. The van der Waals surface area contributed by atoms with E-state index in [1.807, 2.05) is 11.6 Å². The number of rotatable bonds is 5. The summed E-state index contributed by atoms with van der Waals surface area (Å²) in [6.45, 7) is 10.1. The summed E-state index contributed by atoms with van der Waals surface area (Å²) >= 11 is 3.65. The predicted molar refractivity (Wildman–Crippen MR) is 80.4 cm³/mol. The summed E-state index contributed by atoms with van der Waals surface area (Å²) in [5.41, 5.74) is 4.68. The Hall–Kier alpha value is -1.10. The van der Waals surface area contributed by atoms with E-state index in [1.54, 1.807) is 0 Å². The van der Waals surface area contributed by atoms with Crippen LogP contribution in [0.4, 0.5) is 0 Å². The maximum atomic E-state index is 4.68. The van der Waals surface area contributed by atoms with E-state index in [2.05, 4.69) is 57.6 Å². The van der Waals surface area contributed by atoms with Gasteiger partial charge >= 0.3 is 0 Å². The highest BCUT2D eigenvalue weighted by Crippen LogP contribution is 2.22. The lowest BCUT2D eigenvalue weighted by atomic mass is 10.2. The molecule has 0 aliphatic heterocycles. The summed E-state index contributed by atoms with van der Waals surface area (Å²) in [7, 11) is 0. The average Bonchev–Trinajstić information content (AvgIpc) is 2.94. The second-order valence-electron chi connectivity index (χ2n) is 4.65. The number of halogens is 1. The second kappa shape index (κ2) is 5.90. The third-order valence-corrected chi connectivity index (χ3v) is 4.42. The molecule has 104 valence electrons. The van der Waals surface area contributed by atoms with Gasteiger partial charge in [-0.05, 0) is 48.7 Å². The summed E-state index contributed by atoms with van der Waals surface area (Å²) in [5, 5.41) is 9.21. The fourth-order valence-corrected chi connectivity index (χ4v) is 2.68. The molecule has 0 N–H and O–H groups in total.